The van der Waals surface area contributed by atoms with E-state index in [0.717, 1.165) is 44.5 Å². The Morgan fingerprint density at radius 1 is 0.548 bits per heavy atom. The molecule has 0 aliphatic heterocycles. The van der Waals surface area contributed by atoms with E-state index in [1.54, 1.807) is 0 Å². The number of amides is 2. The Labute approximate surface area is 257 Å². The van der Waals surface area contributed by atoms with Crippen molar-refractivity contribution in [1.82, 2.24) is 0 Å². The van der Waals surface area contributed by atoms with Gasteiger partial charge in [-0.1, -0.05) is 35.3 Å². The molecule has 0 atom stereocenters. The van der Waals surface area contributed by atoms with Crippen molar-refractivity contribution in [2.75, 3.05) is 23.8 Å². The number of aryl methyl sites for hydroxylation is 6. The van der Waals surface area contributed by atoms with E-state index in [1.165, 1.54) is 0 Å². The van der Waals surface area contributed by atoms with Crippen LogP contribution in [0.5, 0.6) is 11.5 Å². The van der Waals surface area contributed by atoms with Crippen LogP contribution >= 0.6 is 23.2 Å². The van der Waals surface area contributed by atoms with E-state index in [9.17, 15) is 9.59 Å². The number of hydrogen-bond donors (Lipinski definition) is 2. The van der Waals surface area contributed by atoms with Crippen LogP contribution in [0.3, 0.4) is 0 Å². The number of halogens is 2. The van der Waals surface area contributed by atoms with Crippen molar-refractivity contribution in [3.8, 4) is 22.6 Å². The summed E-state index contributed by atoms with van der Waals surface area (Å²) >= 11 is 12.4. The molecule has 8 heteroatoms. The second-order valence-electron chi connectivity index (χ2n) is 10.5. The minimum absolute atomic E-state index is 0.113. The van der Waals surface area contributed by atoms with Crippen LogP contribution < -0.4 is 20.1 Å². The maximum absolute atomic E-state index is 12.6. The zero-order valence-corrected chi connectivity index (χ0v) is 26.1. The van der Waals surface area contributed by atoms with Gasteiger partial charge in [0.05, 0.1) is 0 Å². The first-order chi connectivity index (χ1) is 19.9. The van der Waals surface area contributed by atoms with Gasteiger partial charge in [0, 0.05) is 21.4 Å². The van der Waals surface area contributed by atoms with Gasteiger partial charge in [0.15, 0.2) is 13.2 Å². The summed E-state index contributed by atoms with van der Waals surface area (Å²) in [5.41, 5.74) is 8.84. The Kier molecular flexibility index (Phi) is 9.81. The Morgan fingerprint density at radius 2 is 0.881 bits per heavy atom. The third-order valence-electron chi connectivity index (χ3n) is 6.89. The van der Waals surface area contributed by atoms with Crippen molar-refractivity contribution < 1.29 is 19.1 Å². The molecular formula is C34H34Cl2N2O4. The average Bonchev–Trinajstić information content (AvgIpc) is 2.94. The molecule has 4 aromatic rings. The molecule has 4 aromatic carbocycles. The molecule has 0 aliphatic carbocycles. The number of ether oxygens (including phenoxy) is 2. The van der Waals surface area contributed by atoms with E-state index < -0.39 is 0 Å². The first-order valence-electron chi connectivity index (χ1n) is 13.5. The maximum Gasteiger partial charge on any atom is 0.262 e. The number of nitrogens with one attached hydrogen (secondary N) is 2. The molecular weight excluding hydrogens is 571 g/mol. The Morgan fingerprint density at radius 3 is 1.19 bits per heavy atom. The number of carbonyl (C=O) groups excluding carboxylic acids is 2. The molecule has 0 radical (unpaired) electrons. The topological polar surface area (TPSA) is 76.7 Å². The van der Waals surface area contributed by atoms with Gasteiger partial charge in [0.25, 0.3) is 11.8 Å². The van der Waals surface area contributed by atoms with E-state index in [4.69, 9.17) is 32.7 Å². The van der Waals surface area contributed by atoms with Crippen LogP contribution in [0, 0.1) is 41.5 Å². The van der Waals surface area contributed by atoms with Crippen LogP contribution in [-0.4, -0.2) is 25.0 Å². The van der Waals surface area contributed by atoms with E-state index in [-0.39, 0.29) is 25.0 Å². The Bertz CT molecular complexity index is 1500. The minimum atomic E-state index is -0.252. The molecule has 2 amide bonds. The monoisotopic (exact) mass is 604 g/mol. The number of anilines is 2. The van der Waals surface area contributed by atoms with Crippen molar-refractivity contribution in [2.45, 2.75) is 41.5 Å². The Hall–Kier alpha value is -4.00. The number of hydrogen-bond acceptors (Lipinski definition) is 4. The second kappa shape index (κ2) is 13.3. The molecule has 0 heterocycles. The lowest BCUT2D eigenvalue weighted by molar-refractivity contribution is -0.118. The Balaban J connectivity index is 1.34. The van der Waals surface area contributed by atoms with E-state index in [2.05, 4.69) is 10.6 Å². The van der Waals surface area contributed by atoms with Crippen LogP contribution in [0.25, 0.3) is 11.1 Å². The molecule has 0 saturated heterocycles. The molecule has 0 bridgehead atoms. The fourth-order valence-electron chi connectivity index (χ4n) is 4.62. The fraction of sp³-hybridized carbons (Fsp3) is 0.235. The van der Waals surface area contributed by atoms with Gasteiger partial charge < -0.3 is 20.1 Å². The van der Waals surface area contributed by atoms with E-state index in [1.807, 2.05) is 102 Å². The first kappa shape index (κ1) is 30.9. The zero-order chi connectivity index (χ0) is 30.6. The van der Waals surface area contributed by atoms with Gasteiger partial charge in [-0.25, -0.2) is 0 Å². The summed E-state index contributed by atoms with van der Waals surface area (Å²) in [4.78, 5) is 25.1. The van der Waals surface area contributed by atoms with E-state index >= 15 is 0 Å². The second-order valence-corrected chi connectivity index (χ2v) is 11.2. The fourth-order valence-corrected chi connectivity index (χ4v) is 4.83. The predicted octanol–water partition coefficient (Wildman–Crippen LogP) is 8.55. The van der Waals surface area contributed by atoms with Crippen LogP contribution in [0.1, 0.15) is 33.4 Å². The summed E-state index contributed by atoms with van der Waals surface area (Å²) in [6, 6.07) is 19.0. The summed E-state index contributed by atoms with van der Waals surface area (Å²) in [5, 5.41) is 7.23. The molecule has 2 N–H and O–H groups in total. The smallest absolute Gasteiger partial charge is 0.262 e. The summed E-state index contributed by atoms with van der Waals surface area (Å²) in [6.45, 7) is 11.3. The summed E-state index contributed by atoms with van der Waals surface area (Å²) in [5.74, 6) is 0.700. The van der Waals surface area contributed by atoms with Crippen molar-refractivity contribution in [3.05, 3.63) is 104 Å². The molecule has 218 valence electrons. The number of benzene rings is 4. The zero-order valence-electron chi connectivity index (χ0n) is 24.6. The van der Waals surface area contributed by atoms with Gasteiger partial charge in [-0.05, 0) is 135 Å². The van der Waals surface area contributed by atoms with Crippen molar-refractivity contribution in [2.24, 2.45) is 0 Å². The van der Waals surface area contributed by atoms with Crippen molar-refractivity contribution >= 4 is 46.4 Å². The van der Waals surface area contributed by atoms with Gasteiger partial charge in [-0.3, -0.25) is 9.59 Å². The molecule has 0 aromatic heterocycles. The largest absolute Gasteiger partial charge is 0.484 e. The van der Waals surface area contributed by atoms with Crippen LogP contribution in [0.2, 0.25) is 10.0 Å². The lowest BCUT2D eigenvalue weighted by Crippen LogP contribution is -2.20. The highest BCUT2D eigenvalue weighted by molar-refractivity contribution is 6.32. The summed E-state index contributed by atoms with van der Waals surface area (Å²) in [6.07, 6.45) is 0. The van der Waals surface area contributed by atoms with Gasteiger partial charge >= 0.3 is 0 Å². The molecule has 42 heavy (non-hydrogen) atoms. The highest BCUT2D eigenvalue weighted by Gasteiger charge is 2.12. The van der Waals surface area contributed by atoms with Crippen LogP contribution in [-0.2, 0) is 9.59 Å². The van der Waals surface area contributed by atoms with E-state index in [0.29, 0.717) is 32.9 Å². The summed E-state index contributed by atoms with van der Waals surface area (Å²) in [7, 11) is 0. The van der Waals surface area contributed by atoms with Gasteiger partial charge in [-0.15, -0.1) is 0 Å². The normalized spacial score (nSPS) is 10.8. The lowest BCUT2D eigenvalue weighted by atomic mass is 10.00. The molecule has 4 rings (SSSR count). The average molecular weight is 606 g/mol. The van der Waals surface area contributed by atoms with Crippen molar-refractivity contribution in [3.63, 3.8) is 0 Å². The number of rotatable bonds is 9. The van der Waals surface area contributed by atoms with Crippen LogP contribution in [0.4, 0.5) is 11.4 Å². The third kappa shape index (κ3) is 7.64. The number of carbonyl (C=O) groups is 2. The highest BCUT2D eigenvalue weighted by Crippen LogP contribution is 2.29. The quantitative estimate of drug-likeness (QED) is 0.201. The standard InChI is InChI=1S/C34H34Cl2N2O4/c1-19-11-25(7-9-29(19)37-31(39)17-41-27-13-21(3)33(35)22(4)14-27)26-8-10-30(20(2)12-26)38-32(40)18-42-28-15-23(5)34(36)24(6)16-28/h7-16H,17-18H2,1-6H3,(H,37,39)(H,38,40). The summed E-state index contributed by atoms with van der Waals surface area (Å²) < 4.78 is 11.4. The van der Waals surface area contributed by atoms with Crippen LogP contribution in [0.15, 0.2) is 60.7 Å². The molecule has 0 unspecified atom stereocenters. The van der Waals surface area contributed by atoms with Crippen molar-refractivity contribution in [1.29, 1.82) is 0 Å². The lowest BCUT2D eigenvalue weighted by Gasteiger charge is -2.14. The molecule has 0 spiro atoms. The molecule has 0 fully saturated rings. The maximum atomic E-state index is 12.6. The molecule has 0 aliphatic rings. The first-order valence-corrected chi connectivity index (χ1v) is 14.3. The van der Waals surface area contributed by atoms with Gasteiger partial charge in [0.2, 0.25) is 0 Å². The SMILES string of the molecule is Cc1cc(-c2ccc(NC(=O)COc3cc(C)c(Cl)c(C)c3)c(C)c2)ccc1NC(=O)COc1cc(C)c(Cl)c(C)c1. The molecule has 0 saturated carbocycles. The predicted molar refractivity (Wildman–Crippen MR) is 171 cm³/mol. The third-order valence-corrected chi connectivity index (χ3v) is 8.09. The minimum Gasteiger partial charge on any atom is -0.484 e. The highest BCUT2D eigenvalue weighted by atomic mass is 35.5. The van der Waals surface area contributed by atoms with Gasteiger partial charge in [-0.2, -0.15) is 0 Å². The molecule has 6 nitrogen and oxygen atoms in total. The van der Waals surface area contributed by atoms with Gasteiger partial charge in [0.1, 0.15) is 11.5 Å².